The van der Waals surface area contributed by atoms with Gasteiger partial charge in [0.2, 0.25) is 0 Å². The van der Waals surface area contributed by atoms with Crippen LogP contribution in [0.15, 0.2) is 18.2 Å². The van der Waals surface area contributed by atoms with Crippen LogP contribution in [0.3, 0.4) is 0 Å². The van der Waals surface area contributed by atoms with E-state index in [9.17, 15) is 0 Å². The quantitative estimate of drug-likeness (QED) is 0.685. The lowest BCUT2D eigenvalue weighted by Crippen LogP contribution is -2.21. The Labute approximate surface area is 130 Å². The Morgan fingerprint density at radius 3 is 2.43 bits per heavy atom. The van der Waals surface area contributed by atoms with E-state index in [2.05, 4.69) is 33.0 Å². The van der Waals surface area contributed by atoms with Gasteiger partial charge in [0.25, 0.3) is 0 Å². The third-order valence-corrected chi connectivity index (χ3v) is 3.68. The van der Waals surface area contributed by atoms with Crippen molar-refractivity contribution in [1.82, 2.24) is 5.32 Å². The summed E-state index contributed by atoms with van der Waals surface area (Å²) in [6, 6.07) is 6.26. The SMILES string of the molecule is CCCNC(C)c1c(OC)cccc1OCC(C)CCC. The van der Waals surface area contributed by atoms with E-state index in [1.807, 2.05) is 18.2 Å². The second kappa shape index (κ2) is 9.67. The highest BCUT2D eigenvalue weighted by Crippen LogP contribution is 2.34. The van der Waals surface area contributed by atoms with Gasteiger partial charge in [0, 0.05) is 6.04 Å². The van der Waals surface area contributed by atoms with Crippen molar-refractivity contribution in [3.8, 4) is 11.5 Å². The summed E-state index contributed by atoms with van der Waals surface area (Å²) in [6.45, 7) is 10.5. The van der Waals surface area contributed by atoms with Crippen molar-refractivity contribution in [3.63, 3.8) is 0 Å². The Kier molecular flexibility index (Phi) is 8.21. The second-order valence-electron chi connectivity index (χ2n) is 5.75. The highest BCUT2D eigenvalue weighted by atomic mass is 16.5. The van der Waals surface area contributed by atoms with Crippen molar-refractivity contribution in [1.29, 1.82) is 0 Å². The summed E-state index contributed by atoms with van der Waals surface area (Å²) in [5.41, 5.74) is 1.12. The molecule has 2 unspecified atom stereocenters. The van der Waals surface area contributed by atoms with Crippen molar-refractivity contribution in [2.75, 3.05) is 20.3 Å². The van der Waals surface area contributed by atoms with E-state index in [0.717, 1.165) is 36.6 Å². The Hall–Kier alpha value is -1.22. The molecule has 0 aromatic heterocycles. The maximum Gasteiger partial charge on any atom is 0.127 e. The zero-order chi connectivity index (χ0) is 15.7. The largest absolute Gasteiger partial charge is 0.496 e. The molecule has 0 saturated carbocycles. The lowest BCUT2D eigenvalue weighted by molar-refractivity contribution is 0.246. The van der Waals surface area contributed by atoms with Gasteiger partial charge in [-0.15, -0.1) is 0 Å². The normalized spacial score (nSPS) is 13.8. The van der Waals surface area contributed by atoms with E-state index < -0.39 is 0 Å². The fourth-order valence-corrected chi connectivity index (χ4v) is 2.53. The molecule has 1 aromatic rings. The fourth-order valence-electron chi connectivity index (χ4n) is 2.53. The smallest absolute Gasteiger partial charge is 0.127 e. The Balaban J connectivity index is 2.86. The van der Waals surface area contributed by atoms with Crippen LogP contribution in [0.25, 0.3) is 0 Å². The molecule has 1 N–H and O–H groups in total. The summed E-state index contributed by atoms with van der Waals surface area (Å²) >= 11 is 0. The molecular formula is C18H31NO2. The first-order chi connectivity index (χ1) is 10.1. The predicted octanol–water partition coefficient (Wildman–Crippen LogP) is 4.57. The minimum atomic E-state index is 0.220. The van der Waals surface area contributed by atoms with E-state index in [0.29, 0.717) is 5.92 Å². The molecule has 0 aliphatic rings. The summed E-state index contributed by atoms with van der Waals surface area (Å²) in [5, 5.41) is 3.52. The molecule has 0 amide bonds. The molecule has 1 aromatic carbocycles. The average Bonchev–Trinajstić information content (AvgIpc) is 2.50. The number of methoxy groups -OCH3 is 1. The highest BCUT2D eigenvalue weighted by Gasteiger charge is 2.17. The van der Waals surface area contributed by atoms with Gasteiger partial charge in [0.1, 0.15) is 11.5 Å². The van der Waals surface area contributed by atoms with Crippen LogP contribution >= 0.6 is 0 Å². The molecule has 3 nitrogen and oxygen atoms in total. The zero-order valence-corrected chi connectivity index (χ0v) is 14.2. The molecule has 1 rings (SSSR count). The molecule has 0 bridgehead atoms. The van der Waals surface area contributed by atoms with Crippen LogP contribution in [0.1, 0.15) is 58.6 Å². The van der Waals surface area contributed by atoms with Gasteiger partial charge >= 0.3 is 0 Å². The van der Waals surface area contributed by atoms with Gasteiger partial charge in [-0.25, -0.2) is 0 Å². The Morgan fingerprint density at radius 2 is 1.81 bits per heavy atom. The van der Waals surface area contributed by atoms with Crippen LogP contribution in [0.2, 0.25) is 0 Å². The number of ether oxygens (including phenoxy) is 2. The van der Waals surface area contributed by atoms with Gasteiger partial charge in [-0.1, -0.05) is 33.3 Å². The third kappa shape index (κ3) is 5.58. The average molecular weight is 293 g/mol. The van der Waals surface area contributed by atoms with Gasteiger partial charge in [-0.2, -0.15) is 0 Å². The number of rotatable bonds is 10. The lowest BCUT2D eigenvalue weighted by Gasteiger charge is -2.22. The van der Waals surface area contributed by atoms with E-state index in [1.54, 1.807) is 7.11 Å². The van der Waals surface area contributed by atoms with Gasteiger partial charge < -0.3 is 14.8 Å². The second-order valence-corrected chi connectivity index (χ2v) is 5.75. The standard InChI is InChI=1S/C18H31NO2/c1-6-9-14(3)13-21-17-11-8-10-16(20-5)18(17)15(4)19-12-7-2/h8,10-11,14-15,19H,6-7,9,12-13H2,1-5H3. The molecule has 0 fully saturated rings. The first-order valence-electron chi connectivity index (χ1n) is 8.17. The molecule has 21 heavy (non-hydrogen) atoms. The highest BCUT2D eigenvalue weighted by molar-refractivity contribution is 5.46. The van der Waals surface area contributed by atoms with Crippen molar-refractivity contribution in [3.05, 3.63) is 23.8 Å². The lowest BCUT2D eigenvalue weighted by atomic mass is 10.0. The molecule has 0 spiro atoms. The fraction of sp³-hybridized carbons (Fsp3) is 0.667. The van der Waals surface area contributed by atoms with Crippen molar-refractivity contribution in [2.45, 2.75) is 53.0 Å². The molecule has 3 heteroatoms. The van der Waals surface area contributed by atoms with Gasteiger partial charge in [-0.05, 0) is 44.4 Å². The van der Waals surface area contributed by atoms with Gasteiger partial charge in [-0.3, -0.25) is 0 Å². The van der Waals surface area contributed by atoms with E-state index >= 15 is 0 Å². The van der Waals surface area contributed by atoms with Crippen LogP contribution in [0, 0.1) is 5.92 Å². The number of benzene rings is 1. The maximum absolute atomic E-state index is 6.08. The van der Waals surface area contributed by atoms with E-state index in [4.69, 9.17) is 9.47 Å². The minimum Gasteiger partial charge on any atom is -0.496 e. The Bertz CT molecular complexity index is 406. The molecule has 0 heterocycles. The monoisotopic (exact) mass is 293 g/mol. The van der Waals surface area contributed by atoms with E-state index in [1.165, 1.54) is 12.8 Å². The van der Waals surface area contributed by atoms with Crippen LogP contribution in [0.5, 0.6) is 11.5 Å². The van der Waals surface area contributed by atoms with E-state index in [-0.39, 0.29) is 6.04 Å². The third-order valence-electron chi connectivity index (χ3n) is 3.68. The molecule has 120 valence electrons. The molecule has 2 atom stereocenters. The first kappa shape index (κ1) is 17.8. The summed E-state index contributed by atoms with van der Waals surface area (Å²) in [7, 11) is 1.72. The topological polar surface area (TPSA) is 30.5 Å². The molecular weight excluding hydrogens is 262 g/mol. The summed E-state index contributed by atoms with van der Waals surface area (Å²) in [5.74, 6) is 2.41. The first-order valence-corrected chi connectivity index (χ1v) is 8.17. The summed E-state index contributed by atoms with van der Waals surface area (Å²) < 4.78 is 11.6. The van der Waals surface area contributed by atoms with Crippen molar-refractivity contribution >= 4 is 0 Å². The maximum atomic E-state index is 6.08. The molecule has 0 aliphatic heterocycles. The molecule has 0 saturated heterocycles. The number of hydrogen-bond acceptors (Lipinski definition) is 3. The Morgan fingerprint density at radius 1 is 1.10 bits per heavy atom. The van der Waals surface area contributed by atoms with Crippen molar-refractivity contribution < 1.29 is 9.47 Å². The summed E-state index contributed by atoms with van der Waals surface area (Å²) in [4.78, 5) is 0. The molecule has 0 radical (unpaired) electrons. The number of nitrogens with one attached hydrogen (secondary N) is 1. The van der Waals surface area contributed by atoms with Crippen molar-refractivity contribution in [2.24, 2.45) is 5.92 Å². The van der Waals surface area contributed by atoms with Crippen LogP contribution in [0.4, 0.5) is 0 Å². The molecule has 0 aliphatic carbocycles. The van der Waals surface area contributed by atoms with Gasteiger partial charge in [0.15, 0.2) is 0 Å². The van der Waals surface area contributed by atoms with Crippen LogP contribution in [-0.4, -0.2) is 20.3 Å². The zero-order valence-electron chi connectivity index (χ0n) is 14.2. The van der Waals surface area contributed by atoms with Crippen LogP contribution in [-0.2, 0) is 0 Å². The minimum absolute atomic E-state index is 0.220. The summed E-state index contributed by atoms with van der Waals surface area (Å²) in [6.07, 6.45) is 3.51. The predicted molar refractivity (Wildman–Crippen MR) is 89.3 cm³/mol. The van der Waals surface area contributed by atoms with Gasteiger partial charge in [0.05, 0.1) is 19.3 Å². The number of hydrogen-bond donors (Lipinski definition) is 1. The van der Waals surface area contributed by atoms with Crippen LogP contribution < -0.4 is 14.8 Å².